The highest BCUT2D eigenvalue weighted by Gasteiger charge is 2.40. The van der Waals surface area contributed by atoms with Crippen LogP contribution in [0.1, 0.15) is 23.2 Å². The fourth-order valence-electron chi connectivity index (χ4n) is 3.80. The van der Waals surface area contributed by atoms with E-state index in [1.807, 2.05) is 17.5 Å². The zero-order valence-electron chi connectivity index (χ0n) is 16.6. The van der Waals surface area contributed by atoms with Gasteiger partial charge in [-0.3, -0.25) is 9.69 Å². The van der Waals surface area contributed by atoms with Crippen molar-refractivity contribution in [2.75, 3.05) is 45.3 Å². The molecule has 2 aromatic rings. The van der Waals surface area contributed by atoms with E-state index in [1.54, 1.807) is 12.1 Å². The average molecular weight is 451 g/mol. The number of likely N-dealkylation sites (tertiary alicyclic amines) is 1. The third-order valence-corrected chi connectivity index (χ3v) is 6.53. The quantitative estimate of drug-likeness (QED) is 0.701. The Bertz CT molecular complexity index is 914. The number of methoxy groups -OCH3 is 1. The number of carbonyl (C=O) groups excluding carboxylic acids is 2. The molecule has 7 nitrogen and oxygen atoms in total. The maximum atomic E-state index is 12.7. The van der Waals surface area contributed by atoms with Crippen molar-refractivity contribution in [2.45, 2.75) is 18.6 Å². The summed E-state index contributed by atoms with van der Waals surface area (Å²) in [6, 6.07) is 7.18. The number of esters is 1. The summed E-state index contributed by atoms with van der Waals surface area (Å²) in [6.07, 6.45) is 1.49. The Labute approximate surface area is 183 Å². The van der Waals surface area contributed by atoms with Gasteiger partial charge in [0.2, 0.25) is 5.91 Å². The minimum absolute atomic E-state index is 0.172. The van der Waals surface area contributed by atoms with Gasteiger partial charge in [-0.1, -0.05) is 23.7 Å². The summed E-state index contributed by atoms with van der Waals surface area (Å²) in [7, 11) is 1.33. The molecule has 30 heavy (non-hydrogen) atoms. The van der Waals surface area contributed by atoms with Crippen LogP contribution in [0.2, 0.25) is 5.02 Å². The molecule has 1 aromatic carbocycles. The Balaban J connectivity index is 1.44. The van der Waals surface area contributed by atoms with E-state index in [4.69, 9.17) is 25.8 Å². The molecule has 0 aliphatic carbocycles. The van der Waals surface area contributed by atoms with Crippen molar-refractivity contribution < 1.29 is 23.8 Å². The summed E-state index contributed by atoms with van der Waals surface area (Å²) in [6.45, 7) is 2.94. The lowest BCUT2D eigenvalue weighted by molar-refractivity contribution is -0.185. The molecule has 1 aromatic heterocycles. The number of hydrogen-bond acceptors (Lipinski definition) is 7. The van der Waals surface area contributed by atoms with Gasteiger partial charge in [-0.25, -0.2) is 4.79 Å². The molecular weight excluding hydrogens is 428 g/mol. The molecule has 0 atom stereocenters. The highest BCUT2D eigenvalue weighted by Crippen LogP contribution is 2.37. The second kappa shape index (κ2) is 9.03. The number of rotatable bonds is 5. The van der Waals surface area contributed by atoms with Gasteiger partial charge in [0.1, 0.15) is 10.6 Å². The van der Waals surface area contributed by atoms with Crippen molar-refractivity contribution in [3.8, 4) is 11.1 Å². The number of ether oxygens (including phenoxy) is 3. The zero-order valence-corrected chi connectivity index (χ0v) is 18.2. The normalized spacial score (nSPS) is 18.5. The van der Waals surface area contributed by atoms with Crippen molar-refractivity contribution >= 4 is 39.8 Å². The van der Waals surface area contributed by atoms with Gasteiger partial charge in [0.15, 0.2) is 5.79 Å². The largest absolute Gasteiger partial charge is 0.465 e. The van der Waals surface area contributed by atoms with E-state index < -0.39 is 11.8 Å². The molecule has 2 aliphatic heterocycles. The molecule has 0 bridgehead atoms. The van der Waals surface area contributed by atoms with E-state index in [-0.39, 0.29) is 12.5 Å². The molecule has 0 unspecified atom stereocenters. The molecule has 160 valence electrons. The third kappa shape index (κ3) is 4.53. The molecule has 4 rings (SSSR count). The number of piperidine rings is 1. The Morgan fingerprint density at radius 3 is 2.50 bits per heavy atom. The second-order valence-electron chi connectivity index (χ2n) is 7.28. The minimum atomic E-state index is -0.494. The zero-order chi connectivity index (χ0) is 21.1. The highest BCUT2D eigenvalue weighted by molar-refractivity contribution is 7.15. The predicted octanol–water partition coefficient (Wildman–Crippen LogP) is 3.63. The first-order valence-corrected chi connectivity index (χ1v) is 11.0. The second-order valence-corrected chi connectivity index (χ2v) is 8.60. The van der Waals surface area contributed by atoms with Crippen LogP contribution < -0.4 is 5.32 Å². The first-order valence-electron chi connectivity index (χ1n) is 9.75. The summed E-state index contributed by atoms with van der Waals surface area (Å²) in [5, 5.41) is 5.81. The third-order valence-electron chi connectivity index (χ3n) is 5.39. The van der Waals surface area contributed by atoms with Crippen LogP contribution in [-0.4, -0.2) is 62.5 Å². The molecule has 3 heterocycles. The van der Waals surface area contributed by atoms with Gasteiger partial charge in [0, 0.05) is 41.9 Å². The Morgan fingerprint density at radius 1 is 1.20 bits per heavy atom. The molecule has 0 saturated carbocycles. The Hall–Kier alpha value is -1.97. The number of amides is 1. The number of hydrogen-bond donors (Lipinski definition) is 1. The van der Waals surface area contributed by atoms with E-state index in [0.717, 1.165) is 31.5 Å². The van der Waals surface area contributed by atoms with Crippen LogP contribution in [0.5, 0.6) is 0 Å². The van der Waals surface area contributed by atoms with Gasteiger partial charge < -0.3 is 19.5 Å². The number of anilines is 1. The number of carbonyl (C=O) groups is 2. The standard InChI is InChI=1S/C21H23ClN2O5S/c1-27-20(26)18-16(14-2-4-15(22)5-3-14)13-30-19(18)23-17(25)12-24-8-6-21(7-9-24)28-10-11-29-21/h2-5,13H,6-12H2,1H3,(H,23,25). The van der Waals surface area contributed by atoms with E-state index in [0.29, 0.717) is 34.4 Å². The predicted molar refractivity (Wildman–Crippen MR) is 115 cm³/mol. The van der Waals surface area contributed by atoms with Gasteiger partial charge in [0.05, 0.1) is 26.9 Å². The number of nitrogens with zero attached hydrogens (tertiary/aromatic N) is 1. The van der Waals surface area contributed by atoms with Crippen LogP contribution >= 0.6 is 22.9 Å². The number of thiophene rings is 1. The van der Waals surface area contributed by atoms with Crippen LogP contribution in [0.25, 0.3) is 11.1 Å². The maximum Gasteiger partial charge on any atom is 0.341 e. The topological polar surface area (TPSA) is 77.1 Å². The monoisotopic (exact) mass is 450 g/mol. The van der Waals surface area contributed by atoms with E-state index in [2.05, 4.69) is 10.2 Å². The fraction of sp³-hybridized carbons (Fsp3) is 0.429. The van der Waals surface area contributed by atoms with Crippen molar-refractivity contribution in [1.29, 1.82) is 0 Å². The lowest BCUT2D eigenvalue weighted by Gasteiger charge is -2.37. The first-order chi connectivity index (χ1) is 14.5. The summed E-state index contributed by atoms with van der Waals surface area (Å²) < 4.78 is 16.4. The minimum Gasteiger partial charge on any atom is -0.465 e. The first kappa shape index (κ1) is 21.3. The van der Waals surface area contributed by atoms with Gasteiger partial charge in [0.25, 0.3) is 0 Å². The molecule has 1 spiro atoms. The molecule has 2 saturated heterocycles. The molecule has 2 fully saturated rings. The smallest absolute Gasteiger partial charge is 0.341 e. The summed E-state index contributed by atoms with van der Waals surface area (Å²) >= 11 is 7.27. The molecule has 0 radical (unpaired) electrons. The lowest BCUT2D eigenvalue weighted by atomic mass is 10.0. The molecule has 1 amide bonds. The average Bonchev–Trinajstić information content (AvgIpc) is 3.37. The van der Waals surface area contributed by atoms with E-state index in [9.17, 15) is 9.59 Å². The molecule has 2 aliphatic rings. The van der Waals surface area contributed by atoms with Gasteiger partial charge >= 0.3 is 5.97 Å². The van der Waals surface area contributed by atoms with Crippen LogP contribution in [0.15, 0.2) is 29.6 Å². The van der Waals surface area contributed by atoms with E-state index in [1.165, 1.54) is 18.4 Å². The van der Waals surface area contributed by atoms with Gasteiger partial charge in [-0.15, -0.1) is 11.3 Å². The highest BCUT2D eigenvalue weighted by atomic mass is 35.5. The summed E-state index contributed by atoms with van der Waals surface area (Å²) in [5.41, 5.74) is 1.88. The van der Waals surface area contributed by atoms with Crippen LogP contribution in [0.4, 0.5) is 5.00 Å². The van der Waals surface area contributed by atoms with Crippen LogP contribution in [-0.2, 0) is 19.0 Å². The number of nitrogens with one attached hydrogen (secondary N) is 1. The molecular formula is C21H23ClN2O5S. The maximum absolute atomic E-state index is 12.7. The lowest BCUT2D eigenvalue weighted by Crippen LogP contribution is -2.47. The summed E-state index contributed by atoms with van der Waals surface area (Å²) in [5.74, 6) is -1.13. The summed E-state index contributed by atoms with van der Waals surface area (Å²) in [4.78, 5) is 27.2. The molecule has 9 heteroatoms. The fourth-order valence-corrected chi connectivity index (χ4v) is 4.90. The van der Waals surface area contributed by atoms with Crippen molar-refractivity contribution in [3.05, 3.63) is 40.2 Å². The van der Waals surface area contributed by atoms with Crippen molar-refractivity contribution in [3.63, 3.8) is 0 Å². The van der Waals surface area contributed by atoms with Crippen molar-refractivity contribution in [2.24, 2.45) is 0 Å². The Kier molecular flexibility index (Phi) is 6.40. The Morgan fingerprint density at radius 2 is 1.87 bits per heavy atom. The van der Waals surface area contributed by atoms with Gasteiger partial charge in [-0.05, 0) is 17.7 Å². The van der Waals surface area contributed by atoms with Gasteiger partial charge in [-0.2, -0.15) is 0 Å². The van der Waals surface area contributed by atoms with Crippen LogP contribution in [0.3, 0.4) is 0 Å². The van der Waals surface area contributed by atoms with Crippen molar-refractivity contribution in [1.82, 2.24) is 4.90 Å². The van der Waals surface area contributed by atoms with E-state index >= 15 is 0 Å². The SMILES string of the molecule is COC(=O)c1c(-c2ccc(Cl)cc2)csc1NC(=O)CN1CCC2(CC1)OCCO2. The number of benzene rings is 1. The number of halogens is 1. The van der Waals surface area contributed by atoms with Crippen LogP contribution in [0, 0.1) is 0 Å². The molecule has 1 N–H and O–H groups in total.